The quantitative estimate of drug-likeness (QED) is 0.894. The molecule has 3 nitrogen and oxygen atoms in total. The maximum atomic E-state index is 4.65. The summed E-state index contributed by atoms with van der Waals surface area (Å²) in [5.41, 5.74) is 4.51. The largest absolute Gasteiger partial charge is 0.311 e. The minimum atomic E-state index is 0.795. The Balaban J connectivity index is 2.34. The van der Waals surface area contributed by atoms with Gasteiger partial charge in [-0.05, 0) is 32.0 Å². The number of nitrogens with one attached hydrogen (secondary N) is 1. The molecule has 1 aromatic carbocycles. The Hall–Kier alpha value is -1.74. The molecule has 0 aliphatic heterocycles. The van der Waals surface area contributed by atoms with E-state index in [0.717, 1.165) is 35.7 Å². The van der Waals surface area contributed by atoms with Crippen molar-refractivity contribution < 1.29 is 0 Å². The van der Waals surface area contributed by atoms with Crippen LogP contribution in [0.25, 0.3) is 11.4 Å². The zero-order chi connectivity index (χ0) is 13.0. The lowest BCUT2D eigenvalue weighted by Gasteiger charge is -2.08. The number of benzene rings is 1. The van der Waals surface area contributed by atoms with Crippen molar-refractivity contribution in [3.8, 4) is 11.4 Å². The van der Waals surface area contributed by atoms with E-state index in [9.17, 15) is 0 Å². The van der Waals surface area contributed by atoms with Gasteiger partial charge in [-0.2, -0.15) is 0 Å². The highest BCUT2D eigenvalue weighted by Crippen LogP contribution is 2.17. The lowest BCUT2D eigenvalue weighted by Crippen LogP contribution is -2.14. The van der Waals surface area contributed by atoms with Gasteiger partial charge < -0.3 is 5.32 Å². The summed E-state index contributed by atoms with van der Waals surface area (Å²) in [5.74, 6) is 0.803. The van der Waals surface area contributed by atoms with Crippen molar-refractivity contribution in [2.75, 3.05) is 6.54 Å². The second-order valence-corrected chi connectivity index (χ2v) is 4.47. The van der Waals surface area contributed by atoms with Gasteiger partial charge in [-0.15, -0.1) is 0 Å². The van der Waals surface area contributed by atoms with Crippen molar-refractivity contribution >= 4 is 0 Å². The summed E-state index contributed by atoms with van der Waals surface area (Å²) in [5, 5.41) is 3.31. The Morgan fingerprint density at radius 3 is 2.78 bits per heavy atom. The van der Waals surface area contributed by atoms with Crippen LogP contribution in [0.3, 0.4) is 0 Å². The zero-order valence-electron chi connectivity index (χ0n) is 11.2. The van der Waals surface area contributed by atoms with E-state index in [2.05, 4.69) is 47.3 Å². The molecule has 0 atom stereocenters. The standard InChI is InChI=1S/C15H19N3/c1-4-16-10-14-12(3)9-17-15(18-14)13-7-5-6-11(2)8-13/h5-9,16H,4,10H2,1-3H3. The van der Waals surface area contributed by atoms with Crippen molar-refractivity contribution in [2.45, 2.75) is 27.3 Å². The van der Waals surface area contributed by atoms with Crippen molar-refractivity contribution in [2.24, 2.45) is 0 Å². The van der Waals surface area contributed by atoms with Gasteiger partial charge in [0.25, 0.3) is 0 Å². The van der Waals surface area contributed by atoms with Gasteiger partial charge >= 0.3 is 0 Å². The number of hydrogen-bond donors (Lipinski definition) is 1. The van der Waals surface area contributed by atoms with E-state index < -0.39 is 0 Å². The Morgan fingerprint density at radius 1 is 1.22 bits per heavy atom. The van der Waals surface area contributed by atoms with Crippen LogP contribution in [0.4, 0.5) is 0 Å². The molecule has 3 heteroatoms. The minimum Gasteiger partial charge on any atom is -0.311 e. The fourth-order valence-corrected chi connectivity index (χ4v) is 1.82. The van der Waals surface area contributed by atoms with Gasteiger partial charge in [0.15, 0.2) is 5.82 Å². The first-order valence-electron chi connectivity index (χ1n) is 6.31. The summed E-state index contributed by atoms with van der Waals surface area (Å²) in [6.07, 6.45) is 1.90. The normalized spacial score (nSPS) is 10.6. The summed E-state index contributed by atoms with van der Waals surface area (Å²) < 4.78 is 0. The molecule has 0 radical (unpaired) electrons. The highest BCUT2D eigenvalue weighted by atomic mass is 14.9. The van der Waals surface area contributed by atoms with E-state index in [1.807, 2.05) is 19.2 Å². The van der Waals surface area contributed by atoms with E-state index >= 15 is 0 Å². The molecule has 2 rings (SSSR count). The summed E-state index contributed by atoms with van der Waals surface area (Å²) in [6.45, 7) is 7.97. The summed E-state index contributed by atoms with van der Waals surface area (Å²) in [6, 6.07) is 8.28. The molecule has 2 aromatic rings. The highest BCUT2D eigenvalue weighted by molar-refractivity contribution is 5.56. The monoisotopic (exact) mass is 241 g/mol. The minimum absolute atomic E-state index is 0.795. The Morgan fingerprint density at radius 2 is 2.06 bits per heavy atom. The van der Waals surface area contributed by atoms with Crippen LogP contribution in [0, 0.1) is 13.8 Å². The van der Waals surface area contributed by atoms with Crippen molar-refractivity contribution in [1.82, 2.24) is 15.3 Å². The number of aryl methyl sites for hydroxylation is 2. The molecule has 94 valence electrons. The smallest absolute Gasteiger partial charge is 0.159 e. The first-order valence-corrected chi connectivity index (χ1v) is 6.31. The molecule has 0 spiro atoms. The third-order valence-electron chi connectivity index (χ3n) is 2.90. The first kappa shape index (κ1) is 12.7. The molecule has 0 bridgehead atoms. The Labute approximate surface area is 108 Å². The summed E-state index contributed by atoms with van der Waals surface area (Å²) >= 11 is 0. The molecule has 18 heavy (non-hydrogen) atoms. The summed E-state index contributed by atoms with van der Waals surface area (Å²) in [7, 11) is 0. The van der Waals surface area contributed by atoms with E-state index in [1.165, 1.54) is 5.56 Å². The second kappa shape index (κ2) is 5.74. The van der Waals surface area contributed by atoms with Crippen LogP contribution in [0.5, 0.6) is 0 Å². The van der Waals surface area contributed by atoms with Gasteiger partial charge in [0.2, 0.25) is 0 Å². The van der Waals surface area contributed by atoms with E-state index in [4.69, 9.17) is 0 Å². The molecule has 1 heterocycles. The number of hydrogen-bond acceptors (Lipinski definition) is 3. The van der Waals surface area contributed by atoms with E-state index in [0.29, 0.717) is 0 Å². The molecule has 0 aliphatic rings. The molecule has 0 aliphatic carbocycles. The number of rotatable bonds is 4. The lowest BCUT2D eigenvalue weighted by atomic mass is 10.1. The molecular weight excluding hydrogens is 222 g/mol. The maximum Gasteiger partial charge on any atom is 0.159 e. The van der Waals surface area contributed by atoms with Crippen LogP contribution in [0.1, 0.15) is 23.7 Å². The van der Waals surface area contributed by atoms with Gasteiger partial charge in [-0.3, -0.25) is 0 Å². The molecule has 0 fully saturated rings. The Bertz CT molecular complexity index is 535. The van der Waals surface area contributed by atoms with Crippen molar-refractivity contribution in [1.29, 1.82) is 0 Å². The zero-order valence-corrected chi connectivity index (χ0v) is 11.2. The van der Waals surface area contributed by atoms with E-state index in [-0.39, 0.29) is 0 Å². The van der Waals surface area contributed by atoms with Crippen LogP contribution < -0.4 is 5.32 Å². The second-order valence-electron chi connectivity index (χ2n) is 4.47. The molecule has 1 aromatic heterocycles. The molecule has 0 unspecified atom stereocenters. The average Bonchev–Trinajstić information content (AvgIpc) is 2.38. The topological polar surface area (TPSA) is 37.8 Å². The lowest BCUT2D eigenvalue weighted by molar-refractivity contribution is 0.704. The fourth-order valence-electron chi connectivity index (χ4n) is 1.82. The van der Waals surface area contributed by atoms with Crippen LogP contribution in [0.15, 0.2) is 30.5 Å². The first-order chi connectivity index (χ1) is 8.70. The maximum absolute atomic E-state index is 4.65. The average molecular weight is 241 g/mol. The molecule has 1 N–H and O–H groups in total. The van der Waals surface area contributed by atoms with E-state index in [1.54, 1.807) is 0 Å². The molecule has 0 amide bonds. The van der Waals surface area contributed by atoms with Gasteiger partial charge in [0, 0.05) is 18.3 Å². The molecular formula is C15H19N3. The molecule has 0 saturated carbocycles. The van der Waals surface area contributed by atoms with Gasteiger partial charge in [-0.1, -0.05) is 30.7 Å². The predicted octanol–water partition coefficient (Wildman–Crippen LogP) is 2.87. The van der Waals surface area contributed by atoms with Crippen molar-refractivity contribution in [3.05, 3.63) is 47.3 Å². The third-order valence-corrected chi connectivity index (χ3v) is 2.90. The van der Waals surface area contributed by atoms with Crippen LogP contribution in [-0.2, 0) is 6.54 Å². The van der Waals surface area contributed by atoms with Gasteiger partial charge in [0.05, 0.1) is 5.69 Å². The third kappa shape index (κ3) is 2.93. The van der Waals surface area contributed by atoms with Crippen molar-refractivity contribution in [3.63, 3.8) is 0 Å². The Kier molecular flexibility index (Phi) is 4.05. The number of nitrogens with zero attached hydrogens (tertiary/aromatic N) is 2. The highest BCUT2D eigenvalue weighted by Gasteiger charge is 2.05. The van der Waals surface area contributed by atoms with Gasteiger partial charge in [0.1, 0.15) is 0 Å². The van der Waals surface area contributed by atoms with Crippen LogP contribution in [0.2, 0.25) is 0 Å². The molecule has 0 saturated heterocycles. The SMILES string of the molecule is CCNCc1nc(-c2cccc(C)c2)ncc1C. The fraction of sp³-hybridized carbons (Fsp3) is 0.333. The number of aromatic nitrogens is 2. The van der Waals surface area contributed by atoms with Gasteiger partial charge in [-0.25, -0.2) is 9.97 Å². The predicted molar refractivity (Wildman–Crippen MR) is 74.3 cm³/mol. The van der Waals surface area contributed by atoms with Crippen LogP contribution in [-0.4, -0.2) is 16.5 Å². The van der Waals surface area contributed by atoms with Crippen LogP contribution >= 0.6 is 0 Å². The summed E-state index contributed by atoms with van der Waals surface area (Å²) in [4.78, 5) is 9.07.